The first-order valence-electron chi connectivity index (χ1n) is 10.5. The van der Waals surface area contributed by atoms with Crippen molar-refractivity contribution in [3.05, 3.63) is 88.7 Å². The number of aromatic carboxylic acids is 1. The summed E-state index contributed by atoms with van der Waals surface area (Å²) >= 11 is 0. The smallest absolute Gasteiger partial charge is 0.336 e. The van der Waals surface area contributed by atoms with E-state index < -0.39 is 12.0 Å². The lowest BCUT2D eigenvalue weighted by Gasteiger charge is -2.18. The van der Waals surface area contributed by atoms with Crippen molar-refractivity contribution < 1.29 is 14.7 Å². The average molecular weight is 446 g/mol. The fourth-order valence-corrected chi connectivity index (χ4v) is 3.42. The second-order valence-electron chi connectivity index (χ2n) is 8.12. The molecular formula is C25H27N5O3. The highest BCUT2D eigenvalue weighted by Gasteiger charge is 2.21. The van der Waals surface area contributed by atoms with E-state index in [2.05, 4.69) is 10.3 Å². The van der Waals surface area contributed by atoms with E-state index in [1.165, 1.54) is 6.07 Å². The molecule has 0 aliphatic rings. The largest absolute Gasteiger partial charge is 0.478 e. The quantitative estimate of drug-likeness (QED) is 0.265. The van der Waals surface area contributed by atoms with Crippen molar-refractivity contribution in [2.45, 2.75) is 19.9 Å². The molecule has 3 rings (SSSR count). The molecule has 0 saturated carbocycles. The predicted octanol–water partition coefficient (Wildman–Crippen LogP) is 3.16. The van der Waals surface area contributed by atoms with Crippen LogP contribution in [0.4, 0.5) is 0 Å². The summed E-state index contributed by atoms with van der Waals surface area (Å²) in [6.07, 6.45) is 1.59. The molecule has 1 unspecified atom stereocenters. The number of nitrogen functional groups attached to an aromatic ring is 1. The van der Waals surface area contributed by atoms with E-state index in [0.717, 1.165) is 5.56 Å². The summed E-state index contributed by atoms with van der Waals surface area (Å²) in [5.41, 5.74) is 15.1. The van der Waals surface area contributed by atoms with E-state index in [-0.39, 0.29) is 28.8 Å². The zero-order valence-electron chi connectivity index (χ0n) is 18.5. The van der Waals surface area contributed by atoms with E-state index in [0.29, 0.717) is 28.9 Å². The lowest BCUT2D eigenvalue weighted by atomic mass is 9.92. The minimum Gasteiger partial charge on any atom is -0.478 e. The van der Waals surface area contributed by atoms with Gasteiger partial charge >= 0.3 is 5.97 Å². The van der Waals surface area contributed by atoms with Gasteiger partial charge < -0.3 is 21.9 Å². The van der Waals surface area contributed by atoms with Crippen LogP contribution in [0.15, 0.2) is 60.8 Å². The molecule has 170 valence electrons. The summed E-state index contributed by atoms with van der Waals surface area (Å²) in [5, 5.41) is 20.2. The number of hydrogen-bond donors (Lipinski definition) is 5. The minimum atomic E-state index is -1.15. The first kappa shape index (κ1) is 23.6. The first-order valence-corrected chi connectivity index (χ1v) is 10.5. The lowest BCUT2D eigenvalue weighted by Crippen LogP contribution is -2.27. The molecule has 1 atom stereocenters. The number of nitrogens with zero attached hydrogens (tertiary/aromatic N) is 1. The molecular weight excluding hydrogens is 418 g/mol. The first-order chi connectivity index (χ1) is 15.7. The third-order valence-electron chi connectivity index (χ3n) is 5.19. The van der Waals surface area contributed by atoms with Crippen LogP contribution in [0.3, 0.4) is 0 Å². The number of amides is 1. The minimum absolute atomic E-state index is 0.0134. The van der Waals surface area contributed by atoms with Crippen molar-refractivity contribution in [1.82, 2.24) is 10.3 Å². The van der Waals surface area contributed by atoms with Gasteiger partial charge in [-0.05, 0) is 35.2 Å². The van der Waals surface area contributed by atoms with Gasteiger partial charge in [0, 0.05) is 29.4 Å². The van der Waals surface area contributed by atoms with Crippen molar-refractivity contribution >= 4 is 17.7 Å². The van der Waals surface area contributed by atoms with E-state index in [1.807, 2.05) is 13.8 Å². The lowest BCUT2D eigenvalue weighted by molar-refractivity contribution is 0.0697. The molecule has 0 aliphatic carbocycles. The van der Waals surface area contributed by atoms with Crippen LogP contribution in [0, 0.1) is 11.3 Å². The van der Waals surface area contributed by atoms with Crippen LogP contribution in [0.2, 0.25) is 0 Å². The van der Waals surface area contributed by atoms with E-state index in [4.69, 9.17) is 16.9 Å². The molecule has 0 aliphatic heterocycles. The monoisotopic (exact) mass is 445 g/mol. The third-order valence-corrected chi connectivity index (χ3v) is 5.19. The van der Waals surface area contributed by atoms with Gasteiger partial charge in [0.25, 0.3) is 5.91 Å². The van der Waals surface area contributed by atoms with Crippen LogP contribution in [0.1, 0.15) is 57.4 Å². The molecule has 0 saturated heterocycles. The highest BCUT2D eigenvalue weighted by Crippen LogP contribution is 2.32. The highest BCUT2D eigenvalue weighted by atomic mass is 16.4. The summed E-state index contributed by atoms with van der Waals surface area (Å²) in [5.74, 6) is -1.25. The zero-order valence-corrected chi connectivity index (χ0v) is 18.5. The Balaban J connectivity index is 2.02. The molecule has 8 heteroatoms. The van der Waals surface area contributed by atoms with Crippen LogP contribution in [0.25, 0.3) is 11.1 Å². The van der Waals surface area contributed by atoms with Gasteiger partial charge in [0.15, 0.2) is 0 Å². The Hall–Kier alpha value is -4.04. The maximum Gasteiger partial charge on any atom is 0.336 e. The van der Waals surface area contributed by atoms with E-state index in [1.54, 1.807) is 54.7 Å². The number of amidine groups is 1. The van der Waals surface area contributed by atoms with E-state index in [9.17, 15) is 14.7 Å². The van der Waals surface area contributed by atoms with Gasteiger partial charge in [-0.25, -0.2) is 4.79 Å². The summed E-state index contributed by atoms with van der Waals surface area (Å²) in [6.45, 7) is 4.45. The Morgan fingerprint density at radius 3 is 2.33 bits per heavy atom. The van der Waals surface area contributed by atoms with Crippen molar-refractivity contribution in [3.63, 3.8) is 0 Å². The van der Waals surface area contributed by atoms with Crippen molar-refractivity contribution in [2.24, 2.45) is 17.4 Å². The van der Waals surface area contributed by atoms with Gasteiger partial charge in [-0.3, -0.25) is 15.2 Å². The topological polar surface area (TPSA) is 155 Å². The highest BCUT2D eigenvalue weighted by molar-refractivity contribution is 6.01. The number of aromatic nitrogens is 1. The molecule has 1 heterocycles. The molecule has 3 aromatic rings. The van der Waals surface area contributed by atoms with Gasteiger partial charge in [0.05, 0.1) is 17.3 Å². The Kier molecular flexibility index (Phi) is 7.20. The summed E-state index contributed by atoms with van der Waals surface area (Å²) in [4.78, 5) is 29.0. The number of nitrogens with two attached hydrogens (primary N) is 2. The molecule has 2 aromatic carbocycles. The van der Waals surface area contributed by atoms with Crippen LogP contribution >= 0.6 is 0 Å². The number of carbonyl (C=O) groups excluding carboxylic acids is 1. The SMILES string of the molecule is CC(C)CNC(=O)c1ccc(-c2cccnc2C(N)c2ccc(C(=N)N)cc2)c(C(=O)O)c1. The summed E-state index contributed by atoms with van der Waals surface area (Å²) < 4.78 is 0. The van der Waals surface area contributed by atoms with Crippen LogP contribution in [-0.4, -0.2) is 34.3 Å². The number of hydrogen-bond acceptors (Lipinski definition) is 5. The Morgan fingerprint density at radius 2 is 1.73 bits per heavy atom. The van der Waals surface area contributed by atoms with Crippen molar-refractivity contribution in [1.29, 1.82) is 5.41 Å². The van der Waals surface area contributed by atoms with Crippen LogP contribution in [-0.2, 0) is 0 Å². The zero-order chi connectivity index (χ0) is 24.1. The standard InChI is InChI=1S/C25H27N5O3/c1-14(2)13-30-24(31)17-9-10-18(20(12-17)25(32)33)19-4-3-11-29-22(19)21(26)15-5-7-16(8-6-15)23(27)28/h3-12,14,21H,13,26H2,1-2H3,(H3,27,28)(H,30,31)(H,32,33). The molecule has 33 heavy (non-hydrogen) atoms. The Morgan fingerprint density at radius 1 is 1.06 bits per heavy atom. The molecule has 8 nitrogen and oxygen atoms in total. The normalized spacial score (nSPS) is 11.8. The number of nitrogens with one attached hydrogen (secondary N) is 2. The number of rotatable bonds is 8. The number of pyridine rings is 1. The van der Waals surface area contributed by atoms with Gasteiger partial charge in [0.2, 0.25) is 0 Å². The molecule has 1 aromatic heterocycles. The Bertz CT molecular complexity index is 1190. The maximum absolute atomic E-state index is 12.4. The molecule has 0 bridgehead atoms. The number of carboxylic acid groups (broad SMARTS) is 1. The Labute approximate surface area is 192 Å². The van der Waals surface area contributed by atoms with Gasteiger partial charge in [0.1, 0.15) is 5.84 Å². The molecule has 0 fully saturated rings. The summed E-state index contributed by atoms with van der Waals surface area (Å²) in [6, 6.07) is 14.3. The van der Waals surface area contributed by atoms with Crippen molar-refractivity contribution in [3.8, 4) is 11.1 Å². The van der Waals surface area contributed by atoms with Crippen molar-refractivity contribution in [2.75, 3.05) is 6.54 Å². The molecule has 1 amide bonds. The average Bonchev–Trinajstić information content (AvgIpc) is 2.81. The number of benzene rings is 2. The van der Waals surface area contributed by atoms with Gasteiger partial charge in [-0.1, -0.05) is 50.2 Å². The maximum atomic E-state index is 12.4. The second kappa shape index (κ2) is 10.1. The predicted molar refractivity (Wildman–Crippen MR) is 127 cm³/mol. The second-order valence-corrected chi connectivity index (χ2v) is 8.12. The van der Waals surface area contributed by atoms with Crippen LogP contribution < -0.4 is 16.8 Å². The fraction of sp³-hybridized carbons (Fsp3) is 0.200. The summed E-state index contributed by atoms with van der Waals surface area (Å²) in [7, 11) is 0. The number of carboxylic acids is 1. The van der Waals surface area contributed by atoms with Gasteiger partial charge in [-0.15, -0.1) is 0 Å². The number of carbonyl (C=O) groups is 2. The van der Waals surface area contributed by atoms with Gasteiger partial charge in [-0.2, -0.15) is 0 Å². The fourth-order valence-electron chi connectivity index (χ4n) is 3.42. The van der Waals surface area contributed by atoms with Crippen LogP contribution in [0.5, 0.6) is 0 Å². The van der Waals surface area contributed by atoms with E-state index >= 15 is 0 Å². The molecule has 0 spiro atoms. The molecule has 7 N–H and O–H groups in total. The molecule has 0 radical (unpaired) electrons. The third kappa shape index (κ3) is 5.42.